The summed E-state index contributed by atoms with van der Waals surface area (Å²) in [6.45, 7) is 0. The smallest absolute Gasteiger partial charge is 0.325 e. The molecule has 1 atom stereocenters. The minimum Gasteiger partial charge on any atom is -0.508 e. The number of hydrogen-bond acceptors (Lipinski definition) is 3. The molecular weight excluding hydrogens is 273 g/mol. The highest BCUT2D eigenvalue weighted by Gasteiger charge is 2.17. The molecule has 0 aliphatic carbocycles. The van der Waals surface area contributed by atoms with Crippen LogP contribution in [-0.4, -0.2) is 16.2 Å². The molecule has 1 unspecified atom stereocenters. The molecule has 0 aliphatic rings. The highest BCUT2D eigenvalue weighted by molar-refractivity contribution is 9.10. The van der Waals surface area contributed by atoms with E-state index >= 15 is 0 Å². The van der Waals surface area contributed by atoms with E-state index in [1.54, 1.807) is 6.07 Å². The maximum Gasteiger partial charge on any atom is 0.325 e. The Morgan fingerprint density at radius 3 is 2.57 bits per heavy atom. The molecule has 0 bridgehead atoms. The molecule has 1 aromatic rings. The maximum atomic E-state index is 10.5. The standard InChI is InChI=1S/C8H8BrNO3.ClH/c9-4-1-2-6(11)5(3-4)7(10)8(12)13;/h1-3,7,11H,10H2,(H,12,13);1H. The SMILES string of the molecule is Cl.NC(C(=O)O)c1cc(Br)ccc1O. The van der Waals surface area contributed by atoms with Crippen molar-refractivity contribution in [1.82, 2.24) is 0 Å². The summed E-state index contributed by atoms with van der Waals surface area (Å²) < 4.78 is 0.678. The highest BCUT2D eigenvalue weighted by atomic mass is 79.9. The number of phenols is 1. The van der Waals surface area contributed by atoms with E-state index in [0.717, 1.165) is 0 Å². The molecule has 0 heterocycles. The fourth-order valence-electron chi connectivity index (χ4n) is 0.908. The predicted molar refractivity (Wildman–Crippen MR) is 57.6 cm³/mol. The number of benzene rings is 1. The molecule has 78 valence electrons. The van der Waals surface area contributed by atoms with Gasteiger partial charge in [0.05, 0.1) is 0 Å². The van der Waals surface area contributed by atoms with Crippen molar-refractivity contribution in [3.05, 3.63) is 28.2 Å². The van der Waals surface area contributed by atoms with Gasteiger partial charge in [-0.3, -0.25) is 4.79 Å². The van der Waals surface area contributed by atoms with Crippen LogP contribution in [0.15, 0.2) is 22.7 Å². The predicted octanol–water partition coefficient (Wildman–Crippen LogP) is 1.66. The number of carboxylic acid groups (broad SMARTS) is 1. The molecule has 14 heavy (non-hydrogen) atoms. The average Bonchev–Trinajstić information content (AvgIpc) is 2.08. The molecule has 0 aromatic heterocycles. The van der Waals surface area contributed by atoms with E-state index in [9.17, 15) is 9.90 Å². The molecule has 4 N–H and O–H groups in total. The van der Waals surface area contributed by atoms with Gasteiger partial charge in [0.25, 0.3) is 0 Å². The van der Waals surface area contributed by atoms with Crippen molar-refractivity contribution in [2.24, 2.45) is 5.73 Å². The molecule has 0 saturated heterocycles. The fourth-order valence-corrected chi connectivity index (χ4v) is 1.29. The summed E-state index contributed by atoms with van der Waals surface area (Å²) >= 11 is 3.15. The van der Waals surface area contributed by atoms with E-state index in [4.69, 9.17) is 10.8 Å². The lowest BCUT2D eigenvalue weighted by molar-refractivity contribution is -0.138. The molecule has 0 amide bonds. The minimum atomic E-state index is -1.20. The number of carbonyl (C=O) groups is 1. The van der Waals surface area contributed by atoms with Gasteiger partial charge >= 0.3 is 5.97 Å². The largest absolute Gasteiger partial charge is 0.508 e. The van der Waals surface area contributed by atoms with Crippen LogP contribution in [0, 0.1) is 0 Å². The second kappa shape index (κ2) is 5.19. The molecule has 0 spiro atoms. The Bertz CT molecular complexity index is 345. The van der Waals surface area contributed by atoms with Gasteiger partial charge < -0.3 is 15.9 Å². The zero-order chi connectivity index (χ0) is 10.0. The van der Waals surface area contributed by atoms with Crippen molar-refractivity contribution in [1.29, 1.82) is 0 Å². The lowest BCUT2D eigenvalue weighted by Gasteiger charge is -2.08. The van der Waals surface area contributed by atoms with Gasteiger partial charge in [-0.15, -0.1) is 12.4 Å². The van der Waals surface area contributed by atoms with Gasteiger partial charge in [-0.25, -0.2) is 0 Å². The number of nitrogens with two attached hydrogens (primary N) is 1. The molecule has 1 rings (SSSR count). The zero-order valence-electron chi connectivity index (χ0n) is 6.98. The fraction of sp³-hybridized carbons (Fsp3) is 0.125. The van der Waals surface area contributed by atoms with Gasteiger partial charge in [-0.2, -0.15) is 0 Å². The lowest BCUT2D eigenvalue weighted by Crippen LogP contribution is -2.20. The molecule has 6 heteroatoms. The van der Waals surface area contributed by atoms with Crippen LogP contribution < -0.4 is 5.73 Å². The monoisotopic (exact) mass is 281 g/mol. The quantitative estimate of drug-likeness (QED) is 0.770. The minimum absolute atomic E-state index is 0. The van der Waals surface area contributed by atoms with E-state index in [2.05, 4.69) is 15.9 Å². The Labute approximate surface area is 95.3 Å². The molecule has 1 aromatic carbocycles. The molecule has 0 aliphatic heterocycles. The van der Waals surface area contributed by atoms with E-state index < -0.39 is 12.0 Å². The lowest BCUT2D eigenvalue weighted by atomic mass is 10.1. The van der Waals surface area contributed by atoms with Gasteiger partial charge in [0.2, 0.25) is 0 Å². The van der Waals surface area contributed by atoms with Crippen LogP contribution in [0.25, 0.3) is 0 Å². The average molecular weight is 283 g/mol. The first-order chi connectivity index (χ1) is 6.02. The molecule has 0 fully saturated rings. The Kier molecular flexibility index (Phi) is 4.90. The topological polar surface area (TPSA) is 83.6 Å². The van der Waals surface area contributed by atoms with Crippen LogP contribution in [0.5, 0.6) is 5.75 Å². The normalized spacial score (nSPS) is 11.6. The number of hydrogen-bond donors (Lipinski definition) is 3. The third-order valence-corrected chi connectivity index (χ3v) is 2.08. The van der Waals surface area contributed by atoms with Crippen LogP contribution in [0.1, 0.15) is 11.6 Å². The molecule has 4 nitrogen and oxygen atoms in total. The third kappa shape index (κ3) is 2.87. The first kappa shape index (κ1) is 13.2. The van der Waals surface area contributed by atoms with Crippen LogP contribution in [0.2, 0.25) is 0 Å². The Morgan fingerprint density at radius 2 is 2.07 bits per heavy atom. The van der Waals surface area contributed by atoms with Crippen molar-refractivity contribution >= 4 is 34.3 Å². The van der Waals surface area contributed by atoms with Crippen molar-refractivity contribution in [2.75, 3.05) is 0 Å². The Morgan fingerprint density at radius 1 is 1.50 bits per heavy atom. The van der Waals surface area contributed by atoms with Gasteiger partial charge in [0, 0.05) is 10.0 Å². The number of phenolic OH excluding ortho intramolecular Hbond substituents is 1. The number of aliphatic carboxylic acids is 1. The summed E-state index contributed by atoms with van der Waals surface area (Å²) in [5.74, 6) is -1.29. The Balaban J connectivity index is 0.00000169. The summed E-state index contributed by atoms with van der Waals surface area (Å²) in [5.41, 5.74) is 5.52. The zero-order valence-corrected chi connectivity index (χ0v) is 9.38. The van der Waals surface area contributed by atoms with Crippen LogP contribution >= 0.6 is 28.3 Å². The molecule has 0 saturated carbocycles. The van der Waals surface area contributed by atoms with E-state index in [-0.39, 0.29) is 23.7 Å². The third-order valence-electron chi connectivity index (χ3n) is 1.59. The number of rotatable bonds is 2. The summed E-state index contributed by atoms with van der Waals surface area (Å²) in [4.78, 5) is 10.5. The van der Waals surface area contributed by atoms with Gasteiger partial charge in [0.1, 0.15) is 11.8 Å². The van der Waals surface area contributed by atoms with Gasteiger partial charge in [0.15, 0.2) is 0 Å². The molecular formula is C8H9BrClNO3. The first-order valence-corrected chi connectivity index (χ1v) is 4.28. The maximum absolute atomic E-state index is 10.5. The van der Waals surface area contributed by atoms with Gasteiger partial charge in [-0.05, 0) is 18.2 Å². The summed E-state index contributed by atoms with van der Waals surface area (Å²) in [6, 6.07) is 3.28. The summed E-state index contributed by atoms with van der Waals surface area (Å²) in [5, 5.41) is 17.9. The van der Waals surface area contributed by atoms with Crippen molar-refractivity contribution in [3.63, 3.8) is 0 Å². The number of carboxylic acids is 1. The second-order valence-electron chi connectivity index (χ2n) is 2.52. The van der Waals surface area contributed by atoms with Crippen molar-refractivity contribution in [3.8, 4) is 5.75 Å². The first-order valence-electron chi connectivity index (χ1n) is 3.49. The summed E-state index contributed by atoms with van der Waals surface area (Å²) in [7, 11) is 0. The van der Waals surface area contributed by atoms with Crippen LogP contribution in [0.4, 0.5) is 0 Å². The van der Waals surface area contributed by atoms with E-state index in [1.807, 2.05) is 0 Å². The number of halogens is 2. The second-order valence-corrected chi connectivity index (χ2v) is 3.43. The van der Waals surface area contributed by atoms with E-state index in [0.29, 0.717) is 4.47 Å². The van der Waals surface area contributed by atoms with Crippen LogP contribution in [0.3, 0.4) is 0 Å². The van der Waals surface area contributed by atoms with Gasteiger partial charge in [-0.1, -0.05) is 15.9 Å². The molecule has 0 radical (unpaired) electrons. The Hall–Kier alpha value is -0.780. The van der Waals surface area contributed by atoms with Crippen LogP contribution in [-0.2, 0) is 4.79 Å². The number of aromatic hydroxyl groups is 1. The van der Waals surface area contributed by atoms with E-state index in [1.165, 1.54) is 12.1 Å². The van der Waals surface area contributed by atoms with Crippen molar-refractivity contribution in [2.45, 2.75) is 6.04 Å². The highest BCUT2D eigenvalue weighted by Crippen LogP contribution is 2.26. The van der Waals surface area contributed by atoms with Crippen molar-refractivity contribution < 1.29 is 15.0 Å². The summed E-state index contributed by atoms with van der Waals surface area (Å²) in [6.07, 6.45) is 0.